The molecule has 10 heteroatoms. The Morgan fingerprint density at radius 2 is 1.82 bits per heavy atom. The normalized spacial score (nSPS) is 12.0. The molecule has 0 saturated heterocycles. The lowest BCUT2D eigenvalue weighted by molar-refractivity contribution is -0.137. The van der Waals surface area contributed by atoms with Crippen molar-refractivity contribution in [3.8, 4) is 5.75 Å². The van der Waals surface area contributed by atoms with Gasteiger partial charge >= 0.3 is 12.1 Å². The lowest BCUT2D eigenvalue weighted by Crippen LogP contribution is -2.15. The van der Waals surface area contributed by atoms with Gasteiger partial charge in [0.25, 0.3) is 10.0 Å². The topological polar surface area (TPSA) is 81.7 Å². The summed E-state index contributed by atoms with van der Waals surface area (Å²) in [6.45, 7) is 0. The van der Waals surface area contributed by atoms with Crippen molar-refractivity contribution in [3.63, 3.8) is 0 Å². The van der Waals surface area contributed by atoms with E-state index >= 15 is 0 Å². The zero-order valence-corrected chi connectivity index (χ0v) is 15.6. The molecule has 2 aromatic rings. The summed E-state index contributed by atoms with van der Waals surface area (Å²) in [6, 6.07) is 7.94. The average Bonchev–Trinajstić information content (AvgIpc) is 2.65. The fourth-order valence-corrected chi connectivity index (χ4v) is 3.30. The number of sulfonamides is 1. The molecule has 0 spiro atoms. The van der Waals surface area contributed by atoms with Crippen LogP contribution in [0.1, 0.15) is 11.1 Å². The second-order valence-corrected chi connectivity index (χ2v) is 7.13. The number of nitrogens with one attached hydrogen (secondary N) is 1. The first kappa shape index (κ1) is 21.3. The molecule has 0 unspecified atom stereocenters. The van der Waals surface area contributed by atoms with Gasteiger partial charge in [0, 0.05) is 6.08 Å². The molecule has 0 bridgehead atoms. The SMILES string of the molecule is COC(=O)/C=C/c1cccc(S(=O)(=O)Nc2cc(C(F)(F)F)ccc2OC)c1. The Morgan fingerprint density at radius 1 is 1.11 bits per heavy atom. The highest BCUT2D eigenvalue weighted by Crippen LogP contribution is 2.35. The number of ether oxygens (including phenoxy) is 2. The van der Waals surface area contributed by atoms with Crippen LogP contribution in [0.5, 0.6) is 5.75 Å². The largest absolute Gasteiger partial charge is 0.495 e. The number of benzene rings is 2. The first-order chi connectivity index (χ1) is 13.1. The summed E-state index contributed by atoms with van der Waals surface area (Å²) >= 11 is 0. The molecule has 0 amide bonds. The average molecular weight is 415 g/mol. The van der Waals surface area contributed by atoms with Gasteiger partial charge in [0.1, 0.15) is 5.75 Å². The molecule has 150 valence electrons. The molecule has 6 nitrogen and oxygen atoms in total. The minimum atomic E-state index is -4.65. The van der Waals surface area contributed by atoms with Gasteiger partial charge in [0.15, 0.2) is 0 Å². The van der Waals surface area contributed by atoms with Gasteiger partial charge in [-0.3, -0.25) is 4.72 Å². The van der Waals surface area contributed by atoms with E-state index in [2.05, 4.69) is 9.46 Å². The summed E-state index contributed by atoms with van der Waals surface area (Å²) in [5, 5.41) is 0. The minimum absolute atomic E-state index is 0.0710. The van der Waals surface area contributed by atoms with Crippen LogP contribution in [0.25, 0.3) is 6.08 Å². The third kappa shape index (κ3) is 5.26. The number of hydrogen-bond acceptors (Lipinski definition) is 5. The van der Waals surface area contributed by atoms with Crippen LogP contribution in [0.3, 0.4) is 0 Å². The van der Waals surface area contributed by atoms with Crippen molar-refractivity contribution < 1.29 is 35.9 Å². The van der Waals surface area contributed by atoms with E-state index in [0.717, 1.165) is 18.2 Å². The molecule has 0 saturated carbocycles. The third-order valence-corrected chi connectivity index (χ3v) is 4.92. The molecule has 0 aliphatic heterocycles. The van der Waals surface area contributed by atoms with Gasteiger partial charge in [0.05, 0.1) is 30.4 Å². The molecular weight excluding hydrogens is 399 g/mol. The van der Waals surface area contributed by atoms with Crippen LogP contribution in [0, 0.1) is 0 Å². The number of hydrogen-bond donors (Lipinski definition) is 1. The summed E-state index contributed by atoms with van der Waals surface area (Å²) in [6.07, 6.45) is -2.20. The maximum absolute atomic E-state index is 12.9. The van der Waals surface area contributed by atoms with Crippen LogP contribution in [0.15, 0.2) is 53.4 Å². The van der Waals surface area contributed by atoms with E-state index in [1.54, 1.807) is 6.07 Å². The summed E-state index contributed by atoms with van der Waals surface area (Å²) in [5.41, 5.74) is -1.00. The highest BCUT2D eigenvalue weighted by molar-refractivity contribution is 7.92. The summed E-state index contributed by atoms with van der Waals surface area (Å²) in [4.78, 5) is 10.9. The molecule has 2 aromatic carbocycles. The second kappa shape index (κ2) is 8.34. The molecule has 0 heterocycles. The first-order valence-electron chi connectivity index (χ1n) is 7.71. The predicted molar refractivity (Wildman–Crippen MR) is 96.3 cm³/mol. The number of rotatable bonds is 6. The van der Waals surface area contributed by atoms with Crippen LogP contribution >= 0.6 is 0 Å². The van der Waals surface area contributed by atoms with Crippen LogP contribution in [0.4, 0.5) is 18.9 Å². The highest BCUT2D eigenvalue weighted by atomic mass is 32.2. The fraction of sp³-hybridized carbons (Fsp3) is 0.167. The molecule has 1 N–H and O–H groups in total. The Balaban J connectivity index is 2.39. The molecule has 0 radical (unpaired) electrons. The Bertz CT molecular complexity index is 1000. The molecule has 0 aromatic heterocycles. The Labute approximate surface area is 159 Å². The monoisotopic (exact) mass is 415 g/mol. The van der Waals surface area contributed by atoms with Crippen molar-refractivity contribution in [1.29, 1.82) is 0 Å². The Kier molecular flexibility index (Phi) is 6.34. The number of anilines is 1. The van der Waals surface area contributed by atoms with Gasteiger partial charge in [-0.05, 0) is 42.0 Å². The molecule has 2 rings (SSSR count). The van der Waals surface area contributed by atoms with Crippen LogP contribution in [-0.2, 0) is 25.7 Å². The van der Waals surface area contributed by atoms with Crippen molar-refractivity contribution in [3.05, 3.63) is 59.7 Å². The number of halogens is 3. The molecule has 0 aliphatic carbocycles. The van der Waals surface area contributed by atoms with Crippen molar-refractivity contribution in [2.75, 3.05) is 18.9 Å². The minimum Gasteiger partial charge on any atom is -0.495 e. The summed E-state index contributed by atoms with van der Waals surface area (Å²) in [5.74, 6) is -0.696. The molecule has 0 fully saturated rings. The van der Waals surface area contributed by atoms with E-state index in [1.165, 1.54) is 38.5 Å². The number of carbonyl (C=O) groups is 1. The van der Waals surface area contributed by atoms with Crippen LogP contribution < -0.4 is 9.46 Å². The third-order valence-electron chi connectivity index (χ3n) is 3.55. The quantitative estimate of drug-likeness (QED) is 0.575. The van der Waals surface area contributed by atoms with Gasteiger partial charge in [-0.25, -0.2) is 13.2 Å². The summed E-state index contributed by atoms with van der Waals surface area (Å²) in [7, 11) is -1.82. The number of esters is 1. The van der Waals surface area contributed by atoms with Crippen LogP contribution in [-0.4, -0.2) is 28.6 Å². The van der Waals surface area contributed by atoms with Gasteiger partial charge in [-0.1, -0.05) is 12.1 Å². The van der Waals surface area contributed by atoms with Gasteiger partial charge < -0.3 is 9.47 Å². The molecule has 0 atom stereocenters. The van der Waals surface area contributed by atoms with E-state index in [4.69, 9.17) is 4.74 Å². The van der Waals surface area contributed by atoms with E-state index in [-0.39, 0.29) is 16.3 Å². The first-order valence-corrected chi connectivity index (χ1v) is 9.19. The number of carbonyl (C=O) groups excluding carboxylic acids is 1. The van der Waals surface area contributed by atoms with Gasteiger partial charge in [0.2, 0.25) is 0 Å². The van der Waals surface area contributed by atoms with Crippen molar-refractivity contribution in [2.45, 2.75) is 11.1 Å². The van der Waals surface area contributed by atoms with E-state index in [1.807, 2.05) is 0 Å². The highest BCUT2D eigenvalue weighted by Gasteiger charge is 2.31. The standard InChI is InChI=1S/C18H16F3NO5S/c1-26-16-8-7-13(18(19,20)21)11-15(16)22-28(24,25)14-5-3-4-12(10-14)6-9-17(23)27-2/h3-11,22H,1-2H3/b9-6+. The van der Waals surface area contributed by atoms with Crippen molar-refractivity contribution in [2.24, 2.45) is 0 Å². The predicted octanol–water partition coefficient (Wildman–Crippen LogP) is 3.70. The second-order valence-electron chi connectivity index (χ2n) is 5.45. The zero-order chi connectivity index (χ0) is 20.9. The van der Waals surface area contributed by atoms with Gasteiger partial charge in [-0.2, -0.15) is 13.2 Å². The van der Waals surface area contributed by atoms with Crippen molar-refractivity contribution >= 4 is 27.8 Å². The van der Waals surface area contributed by atoms with Crippen LogP contribution in [0.2, 0.25) is 0 Å². The fourth-order valence-electron chi connectivity index (χ4n) is 2.19. The van der Waals surface area contributed by atoms with Gasteiger partial charge in [-0.15, -0.1) is 0 Å². The molecule has 28 heavy (non-hydrogen) atoms. The number of alkyl halides is 3. The summed E-state index contributed by atoms with van der Waals surface area (Å²) < 4.78 is 75.5. The lowest BCUT2D eigenvalue weighted by atomic mass is 10.2. The Hall–Kier alpha value is -3.01. The number of methoxy groups -OCH3 is 2. The molecular formula is C18H16F3NO5S. The smallest absolute Gasteiger partial charge is 0.416 e. The van der Waals surface area contributed by atoms with Crippen molar-refractivity contribution in [1.82, 2.24) is 0 Å². The maximum atomic E-state index is 12.9. The molecule has 0 aliphatic rings. The Morgan fingerprint density at radius 3 is 2.43 bits per heavy atom. The van der Waals surface area contributed by atoms with E-state index in [9.17, 15) is 26.4 Å². The zero-order valence-electron chi connectivity index (χ0n) is 14.8. The maximum Gasteiger partial charge on any atom is 0.416 e. The van der Waals surface area contributed by atoms with E-state index < -0.39 is 27.7 Å². The van der Waals surface area contributed by atoms with E-state index in [0.29, 0.717) is 11.6 Å². The lowest BCUT2D eigenvalue weighted by Gasteiger charge is -2.15.